The van der Waals surface area contributed by atoms with Gasteiger partial charge in [0.2, 0.25) is 0 Å². The first-order valence-electron chi connectivity index (χ1n) is 6.46. The number of rotatable bonds is 3. The smallest absolute Gasteiger partial charge is 0.158 e. The van der Waals surface area contributed by atoms with Crippen molar-refractivity contribution in [2.24, 2.45) is 11.1 Å². The van der Waals surface area contributed by atoms with Crippen LogP contribution in [0.5, 0.6) is 0 Å². The summed E-state index contributed by atoms with van der Waals surface area (Å²) >= 11 is 0. The van der Waals surface area contributed by atoms with E-state index in [1.165, 1.54) is 6.42 Å². The van der Waals surface area contributed by atoms with Gasteiger partial charge < -0.3 is 10.6 Å². The van der Waals surface area contributed by atoms with Gasteiger partial charge in [-0.15, -0.1) is 0 Å². The Kier molecular flexibility index (Phi) is 3.50. The predicted octanol–water partition coefficient (Wildman–Crippen LogP) is 1.78. The van der Waals surface area contributed by atoms with E-state index in [1.807, 2.05) is 0 Å². The number of nitrogens with zero attached hydrogens (tertiary/aromatic N) is 3. The average molecular weight is 247 g/mol. The van der Waals surface area contributed by atoms with Crippen LogP contribution < -0.4 is 10.6 Å². The lowest BCUT2D eigenvalue weighted by Crippen LogP contribution is -2.40. The maximum absolute atomic E-state index is 7.56. The summed E-state index contributed by atoms with van der Waals surface area (Å²) < 4.78 is 0. The number of nitrogen functional groups attached to an aromatic ring is 1. The van der Waals surface area contributed by atoms with Crippen molar-refractivity contribution in [3.8, 4) is 0 Å². The van der Waals surface area contributed by atoms with Crippen molar-refractivity contribution < 1.29 is 0 Å². The topological polar surface area (TPSA) is 78.9 Å². The van der Waals surface area contributed by atoms with Gasteiger partial charge in [-0.05, 0) is 18.3 Å². The van der Waals surface area contributed by atoms with Gasteiger partial charge in [0.15, 0.2) is 5.82 Å². The summed E-state index contributed by atoms with van der Waals surface area (Å²) in [5.41, 5.74) is 6.49. The molecule has 0 aromatic carbocycles. The molecule has 3 N–H and O–H groups in total. The molecule has 1 aliphatic rings. The molecule has 5 nitrogen and oxygen atoms in total. The highest BCUT2D eigenvalue weighted by molar-refractivity contribution is 5.97. The summed E-state index contributed by atoms with van der Waals surface area (Å²) in [6.07, 6.45) is 6.76. The van der Waals surface area contributed by atoms with Crippen LogP contribution in [0.3, 0.4) is 0 Å². The molecule has 0 aliphatic carbocycles. The molecule has 0 bridgehead atoms. The molecule has 1 fully saturated rings. The summed E-state index contributed by atoms with van der Waals surface area (Å²) in [7, 11) is 0. The Morgan fingerprint density at radius 2 is 2.00 bits per heavy atom. The van der Waals surface area contributed by atoms with Gasteiger partial charge in [0.05, 0.1) is 0 Å². The highest BCUT2D eigenvalue weighted by Crippen LogP contribution is 2.35. The molecule has 2 rings (SSSR count). The summed E-state index contributed by atoms with van der Waals surface area (Å²) in [6, 6.07) is 0. The Labute approximate surface area is 108 Å². The van der Waals surface area contributed by atoms with Gasteiger partial charge in [0.1, 0.15) is 11.5 Å². The Morgan fingerprint density at radius 3 is 2.56 bits per heavy atom. The van der Waals surface area contributed by atoms with Crippen LogP contribution in [0.15, 0.2) is 12.4 Å². The molecule has 18 heavy (non-hydrogen) atoms. The van der Waals surface area contributed by atoms with Crippen LogP contribution in [0, 0.1) is 10.8 Å². The van der Waals surface area contributed by atoms with E-state index in [1.54, 1.807) is 12.4 Å². The number of hydrogen-bond acceptors (Lipinski definition) is 4. The summed E-state index contributed by atoms with van der Waals surface area (Å²) in [6.45, 7) is 6.51. The summed E-state index contributed by atoms with van der Waals surface area (Å²) in [4.78, 5) is 10.7. The normalized spacial score (nSPS) is 18.7. The van der Waals surface area contributed by atoms with Crippen molar-refractivity contribution >= 4 is 11.7 Å². The highest BCUT2D eigenvalue weighted by atomic mass is 15.2. The van der Waals surface area contributed by atoms with E-state index in [0.717, 1.165) is 31.7 Å². The molecule has 0 spiro atoms. The third kappa shape index (κ3) is 2.44. The van der Waals surface area contributed by atoms with E-state index in [0.29, 0.717) is 11.1 Å². The highest BCUT2D eigenvalue weighted by Gasteiger charge is 2.29. The zero-order valence-corrected chi connectivity index (χ0v) is 11.1. The van der Waals surface area contributed by atoms with Crippen LogP contribution in [0.4, 0.5) is 5.82 Å². The van der Waals surface area contributed by atoms with Crippen molar-refractivity contribution in [2.45, 2.75) is 33.1 Å². The number of amidine groups is 1. The second-order valence-electron chi connectivity index (χ2n) is 5.29. The molecule has 1 aromatic rings. The van der Waals surface area contributed by atoms with E-state index in [4.69, 9.17) is 11.1 Å². The fraction of sp³-hybridized carbons (Fsp3) is 0.615. The molecule has 1 aromatic heterocycles. The molecule has 98 valence electrons. The first-order valence-corrected chi connectivity index (χ1v) is 6.46. The largest absolute Gasteiger partial charge is 0.382 e. The minimum Gasteiger partial charge on any atom is -0.382 e. The number of piperidine rings is 1. The lowest BCUT2D eigenvalue weighted by atomic mass is 9.78. The van der Waals surface area contributed by atoms with Crippen LogP contribution in [-0.2, 0) is 0 Å². The zero-order valence-electron chi connectivity index (χ0n) is 11.1. The van der Waals surface area contributed by atoms with E-state index in [9.17, 15) is 0 Å². The molecule has 0 radical (unpaired) electrons. The lowest BCUT2D eigenvalue weighted by molar-refractivity contribution is 0.237. The Bertz CT molecular complexity index is 435. The second-order valence-corrected chi connectivity index (χ2v) is 5.29. The standard InChI is InChI=1S/C13H21N5/c1-3-13(2)4-8-18(9-5-13)12-10(11(14)15)16-6-7-17-12/h6-7H,3-5,8-9H2,1-2H3,(H3,14,15). The first-order chi connectivity index (χ1) is 8.56. The number of aromatic nitrogens is 2. The van der Waals surface area contributed by atoms with Crippen molar-refractivity contribution in [3.05, 3.63) is 18.1 Å². The van der Waals surface area contributed by atoms with Gasteiger partial charge in [-0.25, -0.2) is 9.97 Å². The number of nitrogens with two attached hydrogens (primary N) is 1. The van der Waals surface area contributed by atoms with Gasteiger partial charge in [0, 0.05) is 25.5 Å². The molecule has 0 saturated carbocycles. The molecule has 2 heterocycles. The van der Waals surface area contributed by atoms with Gasteiger partial charge in [0.25, 0.3) is 0 Å². The van der Waals surface area contributed by atoms with Crippen molar-refractivity contribution in [3.63, 3.8) is 0 Å². The molecule has 1 aliphatic heterocycles. The van der Waals surface area contributed by atoms with Crippen molar-refractivity contribution in [1.82, 2.24) is 9.97 Å². The third-order valence-electron chi connectivity index (χ3n) is 4.06. The molecule has 5 heteroatoms. The van der Waals surface area contributed by atoms with Crippen LogP contribution in [-0.4, -0.2) is 28.9 Å². The number of nitrogens with one attached hydrogen (secondary N) is 1. The molecule has 0 atom stereocenters. The van der Waals surface area contributed by atoms with E-state index < -0.39 is 0 Å². The Balaban J connectivity index is 2.17. The molecule has 0 unspecified atom stereocenters. The Morgan fingerprint density at radius 1 is 1.39 bits per heavy atom. The fourth-order valence-corrected chi connectivity index (χ4v) is 2.36. The number of anilines is 1. The second kappa shape index (κ2) is 4.92. The van der Waals surface area contributed by atoms with Crippen LogP contribution in [0.1, 0.15) is 38.8 Å². The van der Waals surface area contributed by atoms with Gasteiger partial charge >= 0.3 is 0 Å². The lowest BCUT2D eigenvalue weighted by Gasteiger charge is -2.39. The zero-order chi connectivity index (χ0) is 13.2. The summed E-state index contributed by atoms with van der Waals surface area (Å²) in [5.74, 6) is 0.741. The summed E-state index contributed by atoms with van der Waals surface area (Å²) in [5, 5.41) is 7.56. The van der Waals surface area contributed by atoms with Gasteiger partial charge in [-0.3, -0.25) is 5.41 Å². The maximum atomic E-state index is 7.56. The minimum absolute atomic E-state index is 0.0121. The molecular formula is C13H21N5. The average Bonchev–Trinajstić information content (AvgIpc) is 2.39. The van der Waals surface area contributed by atoms with Crippen molar-refractivity contribution in [2.75, 3.05) is 18.0 Å². The fourth-order valence-electron chi connectivity index (χ4n) is 2.36. The first kappa shape index (κ1) is 12.8. The molecular weight excluding hydrogens is 226 g/mol. The predicted molar refractivity (Wildman–Crippen MR) is 72.9 cm³/mol. The quantitative estimate of drug-likeness (QED) is 0.630. The Hall–Kier alpha value is -1.65. The molecule has 1 saturated heterocycles. The van der Waals surface area contributed by atoms with Gasteiger partial charge in [-0.2, -0.15) is 0 Å². The van der Waals surface area contributed by atoms with Crippen LogP contribution in [0.2, 0.25) is 0 Å². The molecule has 0 amide bonds. The van der Waals surface area contributed by atoms with Gasteiger partial charge in [-0.1, -0.05) is 20.3 Å². The maximum Gasteiger partial charge on any atom is 0.158 e. The van der Waals surface area contributed by atoms with E-state index in [-0.39, 0.29) is 5.84 Å². The monoisotopic (exact) mass is 247 g/mol. The van der Waals surface area contributed by atoms with Crippen LogP contribution in [0.25, 0.3) is 0 Å². The third-order valence-corrected chi connectivity index (χ3v) is 4.06. The van der Waals surface area contributed by atoms with Crippen LogP contribution >= 0.6 is 0 Å². The minimum atomic E-state index is -0.0121. The SMILES string of the molecule is CCC1(C)CCN(c2nccnc2C(=N)N)CC1. The van der Waals surface area contributed by atoms with E-state index in [2.05, 4.69) is 28.7 Å². The van der Waals surface area contributed by atoms with Crippen molar-refractivity contribution in [1.29, 1.82) is 5.41 Å². The number of hydrogen-bond donors (Lipinski definition) is 2. The van der Waals surface area contributed by atoms with E-state index >= 15 is 0 Å².